The van der Waals surface area contributed by atoms with Crippen molar-refractivity contribution in [2.24, 2.45) is 0 Å². The number of sulfonamides is 1. The summed E-state index contributed by atoms with van der Waals surface area (Å²) in [5, 5.41) is 0. The topological polar surface area (TPSA) is 81.2 Å². The number of rotatable bonds is 5. The summed E-state index contributed by atoms with van der Waals surface area (Å²) in [6.45, 7) is 0. The lowest BCUT2D eigenvalue weighted by Crippen LogP contribution is -2.13. The largest absolute Gasteiger partial charge is 0.421 e. The van der Waals surface area contributed by atoms with E-state index in [0.29, 0.717) is 0 Å². The van der Waals surface area contributed by atoms with Gasteiger partial charge in [0.25, 0.3) is 10.0 Å². The van der Waals surface area contributed by atoms with Gasteiger partial charge >= 0.3 is 6.01 Å². The summed E-state index contributed by atoms with van der Waals surface area (Å²) in [5.74, 6) is -0.565. The van der Waals surface area contributed by atoms with Crippen LogP contribution in [0.25, 0.3) is 0 Å². The SMILES string of the molecule is O=S(=O)(Nc1cnc(Oc2ccccc2F)nc1)c1ccc(I)cc1. The van der Waals surface area contributed by atoms with E-state index in [0.717, 1.165) is 3.57 Å². The maximum absolute atomic E-state index is 13.5. The zero-order chi connectivity index (χ0) is 17.9. The fourth-order valence-electron chi connectivity index (χ4n) is 1.88. The Kier molecular flexibility index (Phi) is 5.13. The Balaban J connectivity index is 1.74. The van der Waals surface area contributed by atoms with E-state index in [2.05, 4.69) is 37.3 Å². The summed E-state index contributed by atoms with van der Waals surface area (Å²) in [7, 11) is -3.74. The van der Waals surface area contributed by atoms with Crippen LogP contribution < -0.4 is 9.46 Å². The Morgan fingerprint density at radius 2 is 1.64 bits per heavy atom. The van der Waals surface area contributed by atoms with Crippen LogP contribution in [0, 0.1) is 9.39 Å². The molecule has 1 heterocycles. The van der Waals surface area contributed by atoms with Crippen LogP contribution in [0.3, 0.4) is 0 Å². The molecule has 3 aromatic rings. The highest BCUT2D eigenvalue weighted by Crippen LogP contribution is 2.22. The Morgan fingerprint density at radius 3 is 2.28 bits per heavy atom. The van der Waals surface area contributed by atoms with Gasteiger partial charge in [-0.25, -0.2) is 22.8 Å². The third kappa shape index (κ3) is 4.42. The maximum atomic E-state index is 13.5. The van der Waals surface area contributed by atoms with Gasteiger partial charge in [0, 0.05) is 3.57 Å². The quantitative estimate of drug-likeness (QED) is 0.573. The first-order chi connectivity index (χ1) is 11.9. The average Bonchev–Trinajstić information content (AvgIpc) is 2.59. The molecule has 0 saturated heterocycles. The van der Waals surface area contributed by atoms with Crippen molar-refractivity contribution in [3.05, 3.63) is 70.3 Å². The predicted molar refractivity (Wildman–Crippen MR) is 98.5 cm³/mol. The van der Waals surface area contributed by atoms with E-state index in [-0.39, 0.29) is 22.3 Å². The van der Waals surface area contributed by atoms with Crippen LogP contribution >= 0.6 is 22.6 Å². The fourth-order valence-corrected chi connectivity index (χ4v) is 3.26. The number of halogens is 2. The van der Waals surface area contributed by atoms with Crippen molar-refractivity contribution in [2.45, 2.75) is 4.90 Å². The Hall–Kier alpha value is -2.27. The van der Waals surface area contributed by atoms with Gasteiger partial charge in [0.15, 0.2) is 11.6 Å². The molecule has 128 valence electrons. The van der Waals surface area contributed by atoms with Crippen LogP contribution in [0.15, 0.2) is 65.8 Å². The lowest BCUT2D eigenvalue weighted by atomic mass is 10.3. The van der Waals surface area contributed by atoms with Crippen molar-refractivity contribution in [1.29, 1.82) is 0 Å². The predicted octanol–water partition coefficient (Wildman–Crippen LogP) is 3.81. The Bertz CT molecular complexity index is 980. The van der Waals surface area contributed by atoms with Gasteiger partial charge in [-0.3, -0.25) is 4.72 Å². The van der Waals surface area contributed by atoms with Crippen molar-refractivity contribution in [1.82, 2.24) is 9.97 Å². The van der Waals surface area contributed by atoms with Crippen LogP contribution in [0.4, 0.5) is 10.1 Å². The van der Waals surface area contributed by atoms with Crippen molar-refractivity contribution in [3.63, 3.8) is 0 Å². The minimum atomic E-state index is -3.74. The number of hydrogen-bond acceptors (Lipinski definition) is 5. The molecule has 9 heteroatoms. The number of nitrogens with one attached hydrogen (secondary N) is 1. The highest BCUT2D eigenvalue weighted by Gasteiger charge is 2.14. The first kappa shape index (κ1) is 17.5. The molecular weight excluding hydrogens is 460 g/mol. The second kappa shape index (κ2) is 7.31. The zero-order valence-corrected chi connectivity index (χ0v) is 15.5. The maximum Gasteiger partial charge on any atom is 0.322 e. The van der Waals surface area contributed by atoms with Crippen LogP contribution in [0.1, 0.15) is 0 Å². The highest BCUT2D eigenvalue weighted by atomic mass is 127. The summed E-state index contributed by atoms with van der Waals surface area (Å²) in [6, 6.07) is 12.1. The van der Waals surface area contributed by atoms with Crippen molar-refractivity contribution >= 4 is 38.3 Å². The molecule has 0 fully saturated rings. The number of para-hydroxylation sites is 1. The normalized spacial score (nSPS) is 11.1. The highest BCUT2D eigenvalue weighted by molar-refractivity contribution is 14.1. The Labute approximate surface area is 157 Å². The number of ether oxygens (including phenoxy) is 1. The van der Waals surface area contributed by atoms with Crippen LogP contribution in [-0.4, -0.2) is 18.4 Å². The molecule has 25 heavy (non-hydrogen) atoms. The van der Waals surface area contributed by atoms with E-state index in [1.807, 2.05) is 0 Å². The molecule has 0 aliphatic rings. The number of aromatic nitrogens is 2. The molecule has 0 bridgehead atoms. The van der Waals surface area contributed by atoms with Crippen LogP contribution in [0.2, 0.25) is 0 Å². The third-order valence-electron chi connectivity index (χ3n) is 3.04. The summed E-state index contributed by atoms with van der Waals surface area (Å²) in [4.78, 5) is 7.88. The van der Waals surface area contributed by atoms with Crippen LogP contribution in [0.5, 0.6) is 11.8 Å². The number of nitrogens with zero attached hydrogens (tertiary/aromatic N) is 2. The molecule has 0 aliphatic heterocycles. The molecule has 0 spiro atoms. The average molecular weight is 471 g/mol. The molecule has 0 aliphatic carbocycles. The monoisotopic (exact) mass is 471 g/mol. The summed E-state index contributed by atoms with van der Waals surface area (Å²) < 4.78 is 46.6. The van der Waals surface area contributed by atoms with Gasteiger partial charge in [-0.1, -0.05) is 12.1 Å². The smallest absolute Gasteiger partial charge is 0.322 e. The number of anilines is 1. The van der Waals surface area contributed by atoms with Crippen molar-refractivity contribution in [3.8, 4) is 11.8 Å². The minimum absolute atomic E-state index is 0.0188. The molecule has 6 nitrogen and oxygen atoms in total. The lowest BCUT2D eigenvalue weighted by Gasteiger charge is -2.08. The molecule has 3 rings (SSSR count). The molecule has 2 aromatic carbocycles. The van der Waals surface area contributed by atoms with Gasteiger partial charge in [-0.2, -0.15) is 0 Å². The van der Waals surface area contributed by atoms with Crippen LogP contribution in [-0.2, 0) is 10.0 Å². The molecule has 1 N–H and O–H groups in total. The fraction of sp³-hybridized carbons (Fsp3) is 0. The first-order valence-electron chi connectivity index (χ1n) is 6.97. The van der Waals surface area contributed by atoms with Gasteiger partial charge in [-0.05, 0) is 59.0 Å². The summed E-state index contributed by atoms with van der Waals surface area (Å²) in [5.41, 5.74) is 0.166. The molecular formula is C16H11FIN3O3S. The van der Waals surface area contributed by atoms with Gasteiger partial charge in [-0.15, -0.1) is 0 Å². The third-order valence-corrected chi connectivity index (χ3v) is 5.16. The summed E-state index contributed by atoms with van der Waals surface area (Å²) >= 11 is 2.09. The van der Waals surface area contributed by atoms with E-state index in [9.17, 15) is 12.8 Å². The number of hydrogen-bond donors (Lipinski definition) is 1. The van der Waals surface area contributed by atoms with Gasteiger partial charge < -0.3 is 4.74 Å². The van der Waals surface area contributed by atoms with E-state index in [1.54, 1.807) is 18.2 Å². The van der Waals surface area contributed by atoms with Gasteiger partial charge in [0.1, 0.15) is 0 Å². The number of benzene rings is 2. The minimum Gasteiger partial charge on any atom is -0.421 e. The molecule has 0 radical (unpaired) electrons. The van der Waals surface area contributed by atoms with Crippen molar-refractivity contribution < 1.29 is 17.5 Å². The van der Waals surface area contributed by atoms with E-state index >= 15 is 0 Å². The molecule has 0 atom stereocenters. The van der Waals surface area contributed by atoms with Gasteiger partial charge in [0.2, 0.25) is 0 Å². The van der Waals surface area contributed by atoms with E-state index in [4.69, 9.17) is 4.74 Å². The molecule has 1 aromatic heterocycles. The lowest BCUT2D eigenvalue weighted by molar-refractivity contribution is 0.411. The molecule has 0 saturated carbocycles. The van der Waals surface area contributed by atoms with E-state index < -0.39 is 15.8 Å². The summed E-state index contributed by atoms with van der Waals surface area (Å²) in [6.07, 6.45) is 2.49. The molecule has 0 amide bonds. The van der Waals surface area contributed by atoms with Crippen molar-refractivity contribution in [2.75, 3.05) is 4.72 Å². The standard InChI is InChI=1S/C16H11FIN3O3S/c17-14-3-1-2-4-15(14)24-16-19-9-12(10-20-16)21-25(22,23)13-7-5-11(18)6-8-13/h1-10,21H. The molecule has 0 unspecified atom stereocenters. The van der Waals surface area contributed by atoms with E-state index in [1.165, 1.54) is 42.7 Å². The second-order valence-electron chi connectivity index (χ2n) is 4.85. The van der Waals surface area contributed by atoms with Gasteiger partial charge in [0.05, 0.1) is 23.0 Å². The second-order valence-corrected chi connectivity index (χ2v) is 7.77. The first-order valence-corrected chi connectivity index (χ1v) is 9.53. The zero-order valence-electron chi connectivity index (χ0n) is 12.6. The Morgan fingerprint density at radius 1 is 1.00 bits per heavy atom.